The van der Waals surface area contributed by atoms with Crippen LogP contribution in [0.15, 0.2) is 24.3 Å². The number of hydrogen-bond acceptors (Lipinski definition) is 3. The summed E-state index contributed by atoms with van der Waals surface area (Å²) in [6, 6.07) is 8.54. The maximum absolute atomic E-state index is 11.7. The quantitative estimate of drug-likeness (QED) is 0.808. The van der Waals surface area contributed by atoms with Gasteiger partial charge in [-0.1, -0.05) is 31.2 Å². The third-order valence-electron chi connectivity index (χ3n) is 3.53. The van der Waals surface area contributed by atoms with E-state index in [-0.39, 0.29) is 17.8 Å². The molecule has 1 aliphatic heterocycles. The largest absolute Gasteiger partial charge is 0.469 e. The van der Waals surface area contributed by atoms with Gasteiger partial charge in [-0.25, -0.2) is 0 Å². The number of carbonyl (C=O) groups is 1. The summed E-state index contributed by atoms with van der Waals surface area (Å²) in [5.41, 5.74) is 2.55. The number of hydrogen-bond donors (Lipinski definition) is 1. The third kappa shape index (κ3) is 2.50. The lowest BCUT2D eigenvalue weighted by Crippen LogP contribution is -2.22. The van der Waals surface area contributed by atoms with Gasteiger partial charge in [-0.05, 0) is 17.5 Å². The lowest BCUT2D eigenvalue weighted by Gasteiger charge is -2.16. The molecule has 3 heteroatoms. The van der Waals surface area contributed by atoms with Crippen molar-refractivity contribution in [3.8, 4) is 0 Å². The van der Waals surface area contributed by atoms with Crippen molar-refractivity contribution in [3.63, 3.8) is 0 Å². The number of nitrogens with one attached hydrogen (secondary N) is 1. The third-order valence-corrected chi connectivity index (χ3v) is 3.53. The molecule has 1 aromatic carbocycles. The monoisotopic (exact) mass is 233 g/mol. The molecular formula is C14H19NO2. The van der Waals surface area contributed by atoms with Crippen LogP contribution in [0.1, 0.15) is 24.0 Å². The number of ether oxygens (including phenoxy) is 1. The smallest absolute Gasteiger partial charge is 0.310 e. The zero-order chi connectivity index (χ0) is 12.3. The van der Waals surface area contributed by atoms with Crippen molar-refractivity contribution >= 4 is 5.97 Å². The molecule has 2 rings (SSSR count). The average Bonchev–Trinajstić information content (AvgIpc) is 2.87. The summed E-state index contributed by atoms with van der Waals surface area (Å²) in [5, 5.41) is 3.26. The van der Waals surface area contributed by atoms with Crippen molar-refractivity contribution in [3.05, 3.63) is 35.4 Å². The second kappa shape index (κ2) is 5.32. The van der Waals surface area contributed by atoms with Crippen LogP contribution in [0.4, 0.5) is 0 Å². The second-order valence-electron chi connectivity index (χ2n) is 4.49. The number of methoxy groups -OCH3 is 1. The number of benzene rings is 1. The minimum absolute atomic E-state index is 0.0486. The summed E-state index contributed by atoms with van der Waals surface area (Å²) in [5.74, 6) is 0.0837. The van der Waals surface area contributed by atoms with Crippen LogP contribution in [0.25, 0.3) is 0 Å². The van der Waals surface area contributed by atoms with Gasteiger partial charge in [0.05, 0.1) is 13.0 Å². The number of rotatable bonds is 3. The van der Waals surface area contributed by atoms with E-state index >= 15 is 0 Å². The van der Waals surface area contributed by atoms with Gasteiger partial charge >= 0.3 is 5.97 Å². The lowest BCUT2D eigenvalue weighted by molar-refractivity contribution is -0.145. The zero-order valence-electron chi connectivity index (χ0n) is 10.4. The average molecular weight is 233 g/mol. The number of carbonyl (C=O) groups excluding carboxylic acids is 1. The Balaban J connectivity index is 2.17. The molecule has 1 saturated heterocycles. The summed E-state index contributed by atoms with van der Waals surface area (Å²) >= 11 is 0. The predicted molar refractivity (Wildman–Crippen MR) is 66.9 cm³/mol. The van der Waals surface area contributed by atoms with E-state index in [2.05, 4.69) is 36.5 Å². The van der Waals surface area contributed by atoms with E-state index in [9.17, 15) is 4.79 Å². The first kappa shape index (κ1) is 12.1. The highest BCUT2D eigenvalue weighted by atomic mass is 16.5. The highest BCUT2D eigenvalue weighted by Gasteiger charge is 2.34. The van der Waals surface area contributed by atoms with Crippen LogP contribution in [-0.2, 0) is 16.0 Å². The molecule has 0 amide bonds. The van der Waals surface area contributed by atoms with E-state index in [1.165, 1.54) is 18.2 Å². The molecule has 0 radical (unpaired) electrons. The Morgan fingerprint density at radius 3 is 2.65 bits per heavy atom. The molecule has 0 saturated carbocycles. The molecule has 92 valence electrons. The van der Waals surface area contributed by atoms with Crippen LogP contribution in [0.3, 0.4) is 0 Å². The van der Waals surface area contributed by atoms with Crippen LogP contribution >= 0.6 is 0 Å². The second-order valence-corrected chi connectivity index (χ2v) is 4.49. The van der Waals surface area contributed by atoms with Gasteiger partial charge in [0.1, 0.15) is 0 Å². The van der Waals surface area contributed by atoms with Crippen molar-refractivity contribution in [1.82, 2.24) is 5.32 Å². The number of aryl methyl sites for hydroxylation is 1. The van der Waals surface area contributed by atoms with Gasteiger partial charge in [0.15, 0.2) is 0 Å². The minimum atomic E-state index is -0.112. The van der Waals surface area contributed by atoms with E-state index in [0.29, 0.717) is 6.54 Å². The Hall–Kier alpha value is -1.35. The Kier molecular flexibility index (Phi) is 3.79. The predicted octanol–water partition coefficient (Wildman–Crippen LogP) is 1.72. The molecule has 2 unspecified atom stereocenters. The summed E-state index contributed by atoms with van der Waals surface area (Å²) < 4.78 is 4.85. The van der Waals surface area contributed by atoms with Gasteiger partial charge in [-0.15, -0.1) is 0 Å². The first-order valence-corrected chi connectivity index (χ1v) is 6.13. The van der Waals surface area contributed by atoms with Crippen molar-refractivity contribution < 1.29 is 9.53 Å². The van der Waals surface area contributed by atoms with Crippen LogP contribution in [0, 0.1) is 5.92 Å². The van der Waals surface area contributed by atoms with Crippen molar-refractivity contribution in [1.29, 1.82) is 0 Å². The van der Waals surface area contributed by atoms with Crippen LogP contribution in [0.5, 0.6) is 0 Å². The molecule has 0 spiro atoms. The van der Waals surface area contributed by atoms with Gasteiger partial charge in [0.2, 0.25) is 0 Å². The number of esters is 1. The molecule has 2 atom stereocenters. The fraction of sp³-hybridized carbons (Fsp3) is 0.500. The normalized spacial score (nSPS) is 23.6. The summed E-state index contributed by atoms with van der Waals surface area (Å²) in [6.07, 6.45) is 1.05. The van der Waals surface area contributed by atoms with Gasteiger partial charge in [-0.2, -0.15) is 0 Å². The SMILES string of the molecule is CCc1ccc(C2CNCC2C(=O)OC)cc1. The standard InChI is InChI=1S/C14H19NO2/c1-3-10-4-6-11(7-5-10)12-8-15-9-13(12)14(16)17-2/h4-7,12-13,15H,3,8-9H2,1-2H3. The molecule has 1 N–H and O–H groups in total. The van der Waals surface area contributed by atoms with E-state index in [1.54, 1.807) is 0 Å². The molecule has 1 aliphatic rings. The molecule has 1 aromatic rings. The molecular weight excluding hydrogens is 214 g/mol. The lowest BCUT2D eigenvalue weighted by atomic mass is 9.88. The van der Waals surface area contributed by atoms with E-state index < -0.39 is 0 Å². The van der Waals surface area contributed by atoms with Crippen LogP contribution in [-0.4, -0.2) is 26.2 Å². The molecule has 1 fully saturated rings. The zero-order valence-corrected chi connectivity index (χ0v) is 10.4. The first-order chi connectivity index (χ1) is 8.26. The minimum Gasteiger partial charge on any atom is -0.469 e. The Bertz CT molecular complexity index is 386. The Morgan fingerprint density at radius 2 is 2.06 bits per heavy atom. The van der Waals surface area contributed by atoms with Crippen LogP contribution in [0.2, 0.25) is 0 Å². The molecule has 0 aromatic heterocycles. The Morgan fingerprint density at radius 1 is 1.35 bits per heavy atom. The summed E-state index contributed by atoms with van der Waals surface area (Å²) in [4.78, 5) is 11.7. The summed E-state index contributed by atoms with van der Waals surface area (Å²) in [6.45, 7) is 3.71. The summed E-state index contributed by atoms with van der Waals surface area (Å²) in [7, 11) is 1.46. The van der Waals surface area contributed by atoms with E-state index in [1.807, 2.05) is 0 Å². The van der Waals surface area contributed by atoms with Gasteiger partial charge in [-0.3, -0.25) is 4.79 Å². The molecule has 0 bridgehead atoms. The molecule has 17 heavy (non-hydrogen) atoms. The maximum atomic E-state index is 11.7. The van der Waals surface area contributed by atoms with E-state index in [4.69, 9.17) is 4.74 Å². The van der Waals surface area contributed by atoms with Crippen LogP contribution < -0.4 is 5.32 Å². The highest BCUT2D eigenvalue weighted by molar-refractivity contribution is 5.74. The maximum Gasteiger partial charge on any atom is 0.310 e. The molecule has 3 nitrogen and oxygen atoms in total. The van der Waals surface area contributed by atoms with Crippen molar-refractivity contribution in [2.75, 3.05) is 20.2 Å². The molecule has 0 aliphatic carbocycles. The van der Waals surface area contributed by atoms with E-state index in [0.717, 1.165) is 13.0 Å². The van der Waals surface area contributed by atoms with Gasteiger partial charge in [0, 0.05) is 19.0 Å². The van der Waals surface area contributed by atoms with Crippen molar-refractivity contribution in [2.45, 2.75) is 19.3 Å². The molecule has 1 heterocycles. The van der Waals surface area contributed by atoms with Gasteiger partial charge in [0.25, 0.3) is 0 Å². The fourth-order valence-corrected chi connectivity index (χ4v) is 2.43. The topological polar surface area (TPSA) is 38.3 Å². The van der Waals surface area contributed by atoms with Crippen molar-refractivity contribution in [2.24, 2.45) is 5.92 Å². The fourth-order valence-electron chi connectivity index (χ4n) is 2.43. The highest BCUT2D eigenvalue weighted by Crippen LogP contribution is 2.29. The van der Waals surface area contributed by atoms with Gasteiger partial charge < -0.3 is 10.1 Å². The Labute approximate surface area is 102 Å². The first-order valence-electron chi connectivity index (χ1n) is 6.13.